The van der Waals surface area contributed by atoms with E-state index in [4.69, 9.17) is 4.18 Å². The summed E-state index contributed by atoms with van der Waals surface area (Å²) in [4.78, 5) is 0. The van der Waals surface area contributed by atoms with Gasteiger partial charge in [-0.1, -0.05) is 12.1 Å². The zero-order valence-corrected chi connectivity index (χ0v) is 9.76. The van der Waals surface area contributed by atoms with E-state index in [1.807, 2.05) is 13.0 Å². The Morgan fingerprint density at radius 2 is 2.19 bits per heavy atom. The Hall–Kier alpha value is -0.940. The highest BCUT2D eigenvalue weighted by Gasteiger charge is 2.27. The minimum atomic E-state index is -3.37. The van der Waals surface area contributed by atoms with Gasteiger partial charge in [-0.15, -0.1) is 0 Å². The Morgan fingerprint density at radius 3 is 2.75 bits per heavy atom. The molecular formula is C11H13FO3S. The van der Waals surface area contributed by atoms with Crippen molar-refractivity contribution in [2.24, 2.45) is 0 Å². The smallest absolute Gasteiger partial charge is 0.267 e. The Bertz CT molecular complexity index is 482. The maximum absolute atomic E-state index is 13.6. The molecule has 1 fully saturated rings. The SMILES string of the molecule is Cc1ccc(C2CCS(=O)(=O)OC2)c(F)c1. The first kappa shape index (κ1) is 11.5. The van der Waals surface area contributed by atoms with Gasteiger partial charge < -0.3 is 0 Å². The third kappa shape index (κ3) is 2.41. The van der Waals surface area contributed by atoms with E-state index >= 15 is 0 Å². The summed E-state index contributed by atoms with van der Waals surface area (Å²) in [5, 5.41) is 0. The highest BCUT2D eigenvalue weighted by molar-refractivity contribution is 7.86. The average molecular weight is 244 g/mol. The van der Waals surface area contributed by atoms with E-state index in [2.05, 4.69) is 0 Å². The van der Waals surface area contributed by atoms with Crippen molar-refractivity contribution in [2.45, 2.75) is 19.3 Å². The van der Waals surface area contributed by atoms with E-state index in [0.717, 1.165) is 5.56 Å². The zero-order valence-electron chi connectivity index (χ0n) is 8.94. The van der Waals surface area contributed by atoms with Crippen molar-refractivity contribution in [2.75, 3.05) is 12.4 Å². The Balaban J connectivity index is 2.20. The summed E-state index contributed by atoms with van der Waals surface area (Å²) in [6.45, 7) is 1.86. The topological polar surface area (TPSA) is 43.4 Å². The molecule has 0 spiro atoms. The summed E-state index contributed by atoms with van der Waals surface area (Å²) >= 11 is 0. The largest absolute Gasteiger partial charge is 0.269 e. The summed E-state index contributed by atoms with van der Waals surface area (Å²) in [5.41, 5.74) is 1.39. The maximum atomic E-state index is 13.6. The normalized spacial score (nSPS) is 24.2. The minimum Gasteiger partial charge on any atom is -0.269 e. The van der Waals surface area contributed by atoms with Gasteiger partial charge in [0.25, 0.3) is 10.1 Å². The van der Waals surface area contributed by atoms with Gasteiger partial charge >= 0.3 is 0 Å². The van der Waals surface area contributed by atoms with E-state index in [9.17, 15) is 12.8 Å². The summed E-state index contributed by atoms with van der Waals surface area (Å²) < 4.78 is 40.4. The third-order valence-electron chi connectivity index (χ3n) is 2.76. The molecule has 0 radical (unpaired) electrons. The summed E-state index contributed by atoms with van der Waals surface area (Å²) in [6.07, 6.45) is 0.419. The molecule has 1 unspecified atom stereocenters. The predicted octanol–water partition coefficient (Wildman–Crippen LogP) is 1.97. The van der Waals surface area contributed by atoms with Crippen LogP contribution in [0.2, 0.25) is 0 Å². The number of hydrogen-bond donors (Lipinski definition) is 0. The molecule has 1 heterocycles. The fourth-order valence-electron chi connectivity index (χ4n) is 1.82. The lowest BCUT2D eigenvalue weighted by Crippen LogP contribution is -2.24. The van der Waals surface area contributed by atoms with Gasteiger partial charge in [-0.2, -0.15) is 8.42 Å². The second-order valence-electron chi connectivity index (χ2n) is 4.06. The maximum Gasteiger partial charge on any atom is 0.267 e. The van der Waals surface area contributed by atoms with Crippen molar-refractivity contribution in [3.8, 4) is 0 Å². The molecule has 1 aromatic carbocycles. The molecule has 0 aromatic heterocycles. The third-order valence-corrected chi connectivity index (χ3v) is 3.99. The first-order valence-electron chi connectivity index (χ1n) is 5.11. The van der Waals surface area contributed by atoms with Crippen LogP contribution in [0.5, 0.6) is 0 Å². The fraction of sp³-hybridized carbons (Fsp3) is 0.455. The molecule has 0 bridgehead atoms. The lowest BCUT2D eigenvalue weighted by atomic mass is 9.96. The van der Waals surface area contributed by atoms with Crippen LogP contribution in [-0.2, 0) is 14.3 Å². The molecule has 1 aliphatic rings. The average Bonchev–Trinajstić information content (AvgIpc) is 2.19. The van der Waals surface area contributed by atoms with Gasteiger partial charge in [-0.25, -0.2) is 4.39 Å². The fourth-order valence-corrected chi connectivity index (χ4v) is 2.89. The minimum absolute atomic E-state index is 0.0367. The second kappa shape index (κ2) is 4.14. The molecule has 5 heteroatoms. The Morgan fingerprint density at radius 1 is 1.44 bits per heavy atom. The van der Waals surface area contributed by atoms with Crippen LogP contribution in [0, 0.1) is 12.7 Å². The number of rotatable bonds is 1. The highest BCUT2D eigenvalue weighted by atomic mass is 32.2. The van der Waals surface area contributed by atoms with Crippen LogP contribution in [0.4, 0.5) is 4.39 Å². The van der Waals surface area contributed by atoms with Crippen LogP contribution in [0.15, 0.2) is 18.2 Å². The standard InChI is InChI=1S/C11H13FO3S/c1-8-2-3-10(11(12)6-8)9-4-5-16(13,14)15-7-9/h2-3,6,9H,4-5,7H2,1H3. The van der Waals surface area contributed by atoms with Crippen LogP contribution in [0.25, 0.3) is 0 Å². The van der Waals surface area contributed by atoms with Gasteiger partial charge in [0.05, 0.1) is 12.4 Å². The number of halogens is 1. The van der Waals surface area contributed by atoms with E-state index in [-0.39, 0.29) is 24.1 Å². The molecule has 0 saturated carbocycles. The van der Waals surface area contributed by atoms with Crippen molar-refractivity contribution < 1.29 is 17.0 Å². The molecule has 3 nitrogen and oxygen atoms in total. The summed E-state index contributed by atoms with van der Waals surface area (Å²) in [5.74, 6) is -0.484. The Labute approximate surface area is 94.4 Å². The van der Waals surface area contributed by atoms with Crippen molar-refractivity contribution in [3.63, 3.8) is 0 Å². The first-order chi connectivity index (χ1) is 7.48. The molecule has 0 aliphatic carbocycles. The molecule has 1 aromatic rings. The lowest BCUT2D eigenvalue weighted by molar-refractivity contribution is 0.264. The number of aryl methyl sites for hydroxylation is 1. The molecular weight excluding hydrogens is 231 g/mol. The van der Waals surface area contributed by atoms with Crippen LogP contribution in [0.1, 0.15) is 23.5 Å². The summed E-state index contributed by atoms with van der Waals surface area (Å²) in [7, 11) is -3.37. The number of benzene rings is 1. The molecule has 16 heavy (non-hydrogen) atoms. The molecule has 1 saturated heterocycles. The molecule has 1 aliphatic heterocycles. The second-order valence-corrected chi connectivity index (χ2v) is 5.82. The number of hydrogen-bond acceptors (Lipinski definition) is 3. The molecule has 0 amide bonds. The van der Waals surface area contributed by atoms with Gasteiger partial charge in [0.1, 0.15) is 5.82 Å². The van der Waals surface area contributed by atoms with E-state index < -0.39 is 10.1 Å². The van der Waals surface area contributed by atoms with Crippen LogP contribution in [-0.4, -0.2) is 20.8 Å². The van der Waals surface area contributed by atoms with Crippen molar-refractivity contribution in [1.82, 2.24) is 0 Å². The van der Waals surface area contributed by atoms with Gasteiger partial charge in [0.2, 0.25) is 0 Å². The van der Waals surface area contributed by atoms with Crippen LogP contribution < -0.4 is 0 Å². The van der Waals surface area contributed by atoms with Crippen molar-refractivity contribution in [1.29, 1.82) is 0 Å². The predicted molar refractivity (Wildman–Crippen MR) is 58.2 cm³/mol. The molecule has 2 rings (SSSR count). The van der Waals surface area contributed by atoms with Crippen LogP contribution in [0.3, 0.4) is 0 Å². The van der Waals surface area contributed by atoms with Gasteiger partial charge in [0.15, 0.2) is 0 Å². The Kier molecular flexibility index (Phi) is 2.99. The van der Waals surface area contributed by atoms with Crippen molar-refractivity contribution >= 4 is 10.1 Å². The monoisotopic (exact) mass is 244 g/mol. The molecule has 88 valence electrons. The van der Waals surface area contributed by atoms with E-state index in [1.54, 1.807) is 6.07 Å². The van der Waals surface area contributed by atoms with Gasteiger partial charge in [-0.05, 0) is 30.5 Å². The molecule has 1 atom stereocenters. The summed E-state index contributed by atoms with van der Waals surface area (Å²) in [6, 6.07) is 4.98. The molecule has 0 N–H and O–H groups in total. The van der Waals surface area contributed by atoms with Crippen LogP contribution >= 0.6 is 0 Å². The van der Waals surface area contributed by atoms with Gasteiger partial charge in [0, 0.05) is 5.92 Å². The lowest BCUT2D eigenvalue weighted by Gasteiger charge is -2.22. The quantitative estimate of drug-likeness (QED) is 0.709. The highest BCUT2D eigenvalue weighted by Crippen LogP contribution is 2.28. The van der Waals surface area contributed by atoms with Gasteiger partial charge in [-0.3, -0.25) is 4.18 Å². The van der Waals surface area contributed by atoms with Crippen molar-refractivity contribution in [3.05, 3.63) is 35.1 Å². The zero-order chi connectivity index (χ0) is 11.8. The van der Waals surface area contributed by atoms with E-state index in [1.165, 1.54) is 6.07 Å². The van der Waals surface area contributed by atoms with E-state index in [0.29, 0.717) is 12.0 Å². The first-order valence-corrected chi connectivity index (χ1v) is 6.69.